The van der Waals surface area contributed by atoms with Crippen molar-refractivity contribution < 1.29 is 24.2 Å². The Morgan fingerprint density at radius 3 is 2.48 bits per heavy atom. The summed E-state index contributed by atoms with van der Waals surface area (Å²) < 4.78 is 10.1. The predicted octanol–water partition coefficient (Wildman–Crippen LogP) is 1.26. The number of hydrogen-bond donors (Lipinski definition) is 1. The van der Waals surface area contributed by atoms with Crippen LogP contribution in [0.2, 0.25) is 0 Å². The lowest BCUT2D eigenvalue weighted by Gasteiger charge is -2.23. The van der Waals surface area contributed by atoms with Gasteiger partial charge in [0.15, 0.2) is 0 Å². The second-order valence-electron chi connectivity index (χ2n) is 5.22. The molecular weight excluding hydrogens is 274 g/mol. The number of carboxylic acid groups (broad SMARTS) is 1. The van der Waals surface area contributed by atoms with Crippen molar-refractivity contribution in [2.75, 3.05) is 33.9 Å². The summed E-state index contributed by atoms with van der Waals surface area (Å²) in [5.74, 6) is -0.418. The minimum absolute atomic E-state index is 0.106. The number of ether oxygens (including phenoxy) is 2. The lowest BCUT2D eigenvalue weighted by Crippen LogP contribution is -2.40. The highest BCUT2D eigenvalue weighted by Crippen LogP contribution is 2.32. The van der Waals surface area contributed by atoms with Gasteiger partial charge in [0.05, 0.1) is 13.7 Å². The Hall–Kier alpha value is -2.08. The molecule has 6 heteroatoms. The number of benzene rings is 1. The van der Waals surface area contributed by atoms with Gasteiger partial charge >= 0.3 is 5.97 Å². The third kappa shape index (κ3) is 3.00. The molecule has 1 aliphatic heterocycles. The number of carbonyl (C=O) groups excluding carboxylic acids is 1. The van der Waals surface area contributed by atoms with Crippen LogP contribution in [0.1, 0.15) is 16.8 Å². The quantitative estimate of drug-likeness (QED) is 0.884. The Balaban J connectivity index is 2.12. The fourth-order valence-electron chi connectivity index (χ4n) is 2.59. The third-order valence-corrected chi connectivity index (χ3v) is 3.85. The maximum Gasteiger partial charge on any atom is 0.313 e. The van der Waals surface area contributed by atoms with E-state index in [2.05, 4.69) is 0 Å². The fourth-order valence-corrected chi connectivity index (χ4v) is 2.59. The van der Waals surface area contributed by atoms with Gasteiger partial charge in [0.2, 0.25) is 0 Å². The van der Waals surface area contributed by atoms with E-state index < -0.39 is 11.4 Å². The first-order valence-electron chi connectivity index (χ1n) is 6.68. The number of carboxylic acids is 1. The number of carbonyl (C=O) groups is 2. The van der Waals surface area contributed by atoms with Crippen LogP contribution in [0, 0.1) is 5.41 Å². The molecule has 1 aromatic rings. The number of rotatable bonds is 5. The third-order valence-electron chi connectivity index (χ3n) is 3.85. The lowest BCUT2D eigenvalue weighted by atomic mass is 9.88. The molecule has 1 heterocycles. The summed E-state index contributed by atoms with van der Waals surface area (Å²) in [7, 11) is 3.03. The topological polar surface area (TPSA) is 76.1 Å². The second-order valence-corrected chi connectivity index (χ2v) is 5.22. The van der Waals surface area contributed by atoms with E-state index in [1.54, 1.807) is 36.3 Å². The van der Waals surface area contributed by atoms with Gasteiger partial charge in [-0.25, -0.2) is 0 Å². The predicted molar refractivity (Wildman–Crippen MR) is 75.5 cm³/mol. The van der Waals surface area contributed by atoms with Crippen molar-refractivity contribution in [2.45, 2.75) is 6.42 Å². The number of hydrogen-bond acceptors (Lipinski definition) is 4. The molecule has 1 N–H and O–H groups in total. The summed E-state index contributed by atoms with van der Waals surface area (Å²) in [6.07, 6.45) is 0.401. The molecule has 1 aliphatic rings. The van der Waals surface area contributed by atoms with Crippen LogP contribution in [0.5, 0.6) is 5.75 Å². The molecule has 1 aromatic carbocycles. The molecule has 1 saturated heterocycles. The first kappa shape index (κ1) is 15.3. The highest BCUT2D eigenvalue weighted by Gasteiger charge is 2.46. The van der Waals surface area contributed by atoms with Crippen molar-refractivity contribution in [3.63, 3.8) is 0 Å². The maximum absolute atomic E-state index is 12.4. The van der Waals surface area contributed by atoms with E-state index in [-0.39, 0.29) is 19.1 Å². The molecule has 6 nitrogen and oxygen atoms in total. The summed E-state index contributed by atoms with van der Waals surface area (Å²) in [5.41, 5.74) is -0.480. The van der Waals surface area contributed by atoms with E-state index in [1.165, 1.54) is 7.11 Å². The van der Waals surface area contributed by atoms with Gasteiger partial charge < -0.3 is 19.5 Å². The van der Waals surface area contributed by atoms with Gasteiger partial charge in [0.1, 0.15) is 11.2 Å². The molecule has 1 atom stereocenters. The van der Waals surface area contributed by atoms with Crippen LogP contribution in [0.4, 0.5) is 0 Å². The SMILES string of the molecule is COCC1(C(=O)O)CCN(C(=O)c2ccc(OC)cc2)C1. The zero-order valence-corrected chi connectivity index (χ0v) is 12.2. The summed E-state index contributed by atoms with van der Waals surface area (Å²) in [4.78, 5) is 25.4. The molecule has 0 radical (unpaired) electrons. The number of likely N-dealkylation sites (tertiary alicyclic amines) is 1. The van der Waals surface area contributed by atoms with Gasteiger partial charge in [-0.1, -0.05) is 0 Å². The van der Waals surface area contributed by atoms with E-state index in [0.717, 1.165) is 0 Å². The average Bonchev–Trinajstić information content (AvgIpc) is 2.93. The van der Waals surface area contributed by atoms with Crippen molar-refractivity contribution in [1.29, 1.82) is 0 Å². The van der Waals surface area contributed by atoms with Crippen molar-refractivity contribution in [3.05, 3.63) is 29.8 Å². The van der Waals surface area contributed by atoms with Crippen LogP contribution in [0.15, 0.2) is 24.3 Å². The highest BCUT2D eigenvalue weighted by molar-refractivity contribution is 5.95. The minimum Gasteiger partial charge on any atom is -0.497 e. The zero-order valence-electron chi connectivity index (χ0n) is 12.2. The number of nitrogens with zero attached hydrogens (tertiary/aromatic N) is 1. The van der Waals surface area contributed by atoms with Crippen LogP contribution in [0.3, 0.4) is 0 Å². The van der Waals surface area contributed by atoms with Crippen LogP contribution in [-0.2, 0) is 9.53 Å². The molecule has 0 saturated carbocycles. The van der Waals surface area contributed by atoms with Crippen molar-refractivity contribution in [2.24, 2.45) is 5.41 Å². The molecule has 1 amide bonds. The number of amides is 1. The van der Waals surface area contributed by atoms with Gasteiger partial charge in [0, 0.05) is 25.8 Å². The molecular formula is C15H19NO5. The van der Waals surface area contributed by atoms with Gasteiger partial charge in [0.25, 0.3) is 5.91 Å². The van der Waals surface area contributed by atoms with Crippen molar-refractivity contribution in [3.8, 4) is 5.75 Å². The Kier molecular flexibility index (Phi) is 4.47. The van der Waals surface area contributed by atoms with E-state index in [9.17, 15) is 14.7 Å². The standard InChI is InChI=1S/C15H19NO5/c1-20-10-15(14(18)19)7-8-16(9-15)13(17)11-3-5-12(21-2)6-4-11/h3-6H,7-10H2,1-2H3,(H,18,19). The number of methoxy groups -OCH3 is 2. The molecule has 0 spiro atoms. The summed E-state index contributed by atoms with van der Waals surface area (Å²) in [5, 5.41) is 9.40. The monoisotopic (exact) mass is 293 g/mol. The lowest BCUT2D eigenvalue weighted by molar-refractivity contribution is -0.151. The van der Waals surface area contributed by atoms with Gasteiger partial charge in [-0.05, 0) is 30.7 Å². The Morgan fingerprint density at radius 1 is 1.29 bits per heavy atom. The molecule has 21 heavy (non-hydrogen) atoms. The zero-order chi connectivity index (χ0) is 15.5. The van der Waals surface area contributed by atoms with Gasteiger partial charge in [-0.3, -0.25) is 9.59 Å². The number of aliphatic carboxylic acids is 1. The summed E-state index contributed by atoms with van der Waals surface area (Å²) in [6.45, 7) is 0.691. The van der Waals surface area contributed by atoms with E-state index >= 15 is 0 Å². The van der Waals surface area contributed by atoms with Crippen LogP contribution in [-0.4, -0.2) is 55.8 Å². The Labute approximate surface area is 123 Å². The summed E-state index contributed by atoms with van der Waals surface area (Å²) >= 11 is 0. The first-order valence-corrected chi connectivity index (χ1v) is 6.68. The molecule has 0 bridgehead atoms. The van der Waals surface area contributed by atoms with Gasteiger partial charge in [-0.15, -0.1) is 0 Å². The Morgan fingerprint density at radius 2 is 1.95 bits per heavy atom. The fraction of sp³-hybridized carbons (Fsp3) is 0.467. The molecule has 0 aliphatic carbocycles. The van der Waals surface area contributed by atoms with E-state index in [1.807, 2.05) is 0 Å². The van der Waals surface area contributed by atoms with Crippen LogP contribution >= 0.6 is 0 Å². The van der Waals surface area contributed by atoms with Crippen molar-refractivity contribution in [1.82, 2.24) is 4.90 Å². The van der Waals surface area contributed by atoms with Crippen LogP contribution < -0.4 is 4.74 Å². The van der Waals surface area contributed by atoms with Crippen LogP contribution in [0.25, 0.3) is 0 Å². The largest absolute Gasteiger partial charge is 0.497 e. The molecule has 2 rings (SSSR count). The Bertz CT molecular complexity index is 527. The van der Waals surface area contributed by atoms with Gasteiger partial charge in [-0.2, -0.15) is 0 Å². The summed E-state index contributed by atoms with van der Waals surface area (Å²) in [6, 6.07) is 6.78. The molecule has 0 aromatic heterocycles. The maximum atomic E-state index is 12.4. The second kappa shape index (κ2) is 6.13. The minimum atomic E-state index is -1.00. The molecule has 1 fully saturated rings. The molecule has 1 unspecified atom stereocenters. The smallest absolute Gasteiger partial charge is 0.313 e. The average molecular weight is 293 g/mol. The molecule has 114 valence electrons. The highest BCUT2D eigenvalue weighted by atomic mass is 16.5. The van der Waals surface area contributed by atoms with E-state index in [0.29, 0.717) is 24.3 Å². The van der Waals surface area contributed by atoms with E-state index in [4.69, 9.17) is 9.47 Å². The normalized spacial score (nSPS) is 21.3. The van der Waals surface area contributed by atoms with Crippen molar-refractivity contribution >= 4 is 11.9 Å². The first-order chi connectivity index (χ1) is 10.0.